The van der Waals surface area contributed by atoms with Crippen LogP contribution in [0.1, 0.15) is 36.3 Å². The highest BCUT2D eigenvalue weighted by Crippen LogP contribution is 2.36. The van der Waals surface area contributed by atoms with E-state index in [1.54, 1.807) is 28.9 Å². The number of carbonyl (C=O) groups excluding carboxylic acids is 1. The van der Waals surface area contributed by atoms with Gasteiger partial charge in [-0.2, -0.15) is 13.2 Å². The number of thioether (sulfide) groups is 1. The molecule has 152 valence electrons. The lowest BCUT2D eigenvalue weighted by atomic mass is 10.1. The molecule has 1 atom stereocenters. The van der Waals surface area contributed by atoms with Crippen LogP contribution >= 0.6 is 11.8 Å². The van der Waals surface area contributed by atoms with Crippen molar-refractivity contribution >= 4 is 23.4 Å². The predicted octanol–water partition coefficient (Wildman–Crippen LogP) is 4.74. The van der Waals surface area contributed by atoms with Crippen molar-refractivity contribution in [3.63, 3.8) is 0 Å². The standard InChI is InChI=1S/C19H18F3N5OS/c1-12(2)27-18(24-25-26-27)29-16(13-7-4-3-5-8-13)17(28)23-15-10-6-9-14(11-15)19(20,21)22/h3-12,16H,1-2H3,(H,23,28). The highest BCUT2D eigenvalue weighted by molar-refractivity contribution is 8.00. The second-order valence-electron chi connectivity index (χ2n) is 6.48. The quantitative estimate of drug-likeness (QED) is 0.582. The van der Waals surface area contributed by atoms with Crippen LogP contribution in [0.15, 0.2) is 59.8 Å². The second kappa shape index (κ2) is 8.64. The minimum atomic E-state index is -4.49. The van der Waals surface area contributed by atoms with E-state index in [4.69, 9.17) is 0 Å². The maximum atomic E-state index is 13.0. The van der Waals surface area contributed by atoms with Crippen molar-refractivity contribution in [2.24, 2.45) is 0 Å². The third kappa shape index (κ3) is 5.14. The molecule has 3 rings (SSSR count). The van der Waals surface area contributed by atoms with Gasteiger partial charge >= 0.3 is 6.18 Å². The summed E-state index contributed by atoms with van der Waals surface area (Å²) in [6, 6.07) is 13.4. The summed E-state index contributed by atoms with van der Waals surface area (Å²) in [6.07, 6.45) is -4.49. The molecule has 10 heteroatoms. The molecular formula is C19H18F3N5OS. The molecule has 0 spiro atoms. The van der Waals surface area contributed by atoms with Crippen molar-refractivity contribution in [3.05, 3.63) is 65.7 Å². The van der Waals surface area contributed by atoms with Gasteiger partial charge in [0.2, 0.25) is 11.1 Å². The Morgan fingerprint density at radius 2 is 1.83 bits per heavy atom. The first kappa shape index (κ1) is 20.8. The summed E-state index contributed by atoms with van der Waals surface area (Å²) >= 11 is 1.13. The van der Waals surface area contributed by atoms with Gasteiger partial charge < -0.3 is 5.32 Å². The summed E-state index contributed by atoms with van der Waals surface area (Å²) in [5, 5.41) is 13.8. The first-order valence-electron chi connectivity index (χ1n) is 8.73. The second-order valence-corrected chi connectivity index (χ2v) is 7.55. The van der Waals surface area contributed by atoms with Gasteiger partial charge in [0.1, 0.15) is 5.25 Å². The van der Waals surface area contributed by atoms with Crippen molar-refractivity contribution in [2.75, 3.05) is 5.32 Å². The molecule has 1 aromatic heterocycles. The molecule has 3 aromatic rings. The van der Waals surface area contributed by atoms with Crippen LogP contribution in [0.2, 0.25) is 0 Å². The van der Waals surface area contributed by atoms with Crippen LogP contribution in [0.3, 0.4) is 0 Å². The zero-order chi connectivity index (χ0) is 21.0. The van der Waals surface area contributed by atoms with Crippen molar-refractivity contribution < 1.29 is 18.0 Å². The van der Waals surface area contributed by atoms with E-state index in [-0.39, 0.29) is 11.7 Å². The Bertz CT molecular complexity index is 975. The van der Waals surface area contributed by atoms with Crippen LogP contribution in [0.25, 0.3) is 0 Å². The number of nitrogens with zero attached hydrogens (tertiary/aromatic N) is 4. The van der Waals surface area contributed by atoms with Crippen LogP contribution in [-0.2, 0) is 11.0 Å². The normalized spacial score (nSPS) is 12.8. The molecular weight excluding hydrogens is 403 g/mol. The molecule has 0 saturated carbocycles. The molecule has 0 aliphatic rings. The molecule has 0 fully saturated rings. The Morgan fingerprint density at radius 1 is 1.10 bits per heavy atom. The third-order valence-corrected chi connectivity index (χ3v) is 5.17. The number of rotatable bonds is 6. The molecule has 29 heavy (non-hydrogen) atoms. The zero-order valence-electron chi connectivity index (χ0n) is 15.6. The number of halogens is 3. The molecule has 1 unspecified atom stereocenters. The van der Waals surface area contributed by atoms with Crippen molar-refractivity contribution in [1.29, 1.82) is 0 Å². The van der Waals surface area contributed by atoms with E-state index >= 15 is 0 Å². The fourth-order valence-corrected chi connectivity index (χ4v) is 3.68. The predicted molar refractivity (Wildman–Crippen MR) is 103 cm³/mol. The smallest absolute Gasteiger partial charge is 0.325 e. The van der Waals surface area contributed by atoms with Crippen molar-refractivity contribution in [2.45, 2.75) is 36.5 Å². The van der Waals surface area contributed by atoms with Crippen LogP contribution in [0.4, 0.5) is 18.9 Å². The fourth-order valence-electron chi connectivity index (χ4n) is 2.57. The number of hydrogen-bond donors (Lipinski definition) is 1. The number of nitrogens with one attached hydrogen (secondary N) is 1. The molecule has 1 N–H and O–H groups in total. The van der Waals surface area contributed by atoms with E-state index in [1.165, 1.54) is 12.1 Å². The van der Waals surface area contributed by atoms with Crippen LogP contribution in [0, 0.1) is 0 Å². The van der Waals surface area contributed by atoms with E-state index in [2.05, 4.69) is 20.8 Å². The number of alkyl halides is 3. The highest BCUT2D eigenvalue weighted by atomic mass is 32.2. The molecule has 0 radical (unpaired) electrons. The Morgan fingerprint density at radius 3 is 2.48 bits per heavy atom. The average Bonchev–Trinajstić information content (AvgIpc) is 3.15. The van der Waals surface area contributed by atoms with E-state index < -0.39 is 22.9 Å². The summed E-state index contributed by atoms with van der Waals surface area (Å²) in [4.78, 5) is 13.0. The highest BCUT2D eigenvalue weighted by Gasteiger charge is 2.31. The van der Waals surface area contributed by atoms with E-state index in [1.807, 2.05) is 19.9 Å². The van der Waals surface area contributed by atoms with Crippen LogP contribution < -0.4 is 5.32 Å². The first-order chi connectivity index (χ1) is 13.8. The first-order valence-corrected chi connectivity index (χ1v) is 9.61. The molecule has 1 heterocycles. The molecule has 2 aromatic carbocycles. The molecule has 0 aliphatic heterocycles. The van der Waals surface area contributed by atoms with E-state index in [9.17, 15) is 18.0 Å². The van der Waals surface area contributed by atoms with E-state index in [0.717, 1.165) is 23.9 Å². The minimum absolute atomic E-state index is 0.0181. The van der Waals surface area contributed by atoms with Gasteiger partial charge in [0.15, 0.2) is 0 Å². The monoisotopic (exact) mass is 421 g/mol. The lowest BCUT2D eigenvalue weighted by Crippen LogP contribution is -2.20. The summed E-state index contributed by atoms with van der Waals surface area (Å²) in [5.74, 6) is -0.473. The fraction of sp³-hybridized carbons (Fsp3) is 0.263. The van der Waals surface area contributed by atoms with Gasteiger partial charge in [-0.05, 0) is 48.0 Å². The van der Waals surface area contributed by atoms with E-state index in [0.29, 0.717) is 10.7 Å². The summed E-state index contributed by atoms with van der Waals surface area (Å²) < 4.78 is 40.5. The number of hydrogen-bond acceptors (Lipinski definition) is 5. The Labute approximate surface area is 169 Å². The lowest BCUT2D eigenvalue weighted by Gasteiger charge is -2.18. The van der Waals surface area contributed by atoms with Gasteiger partial charge in [-0.1, -0.05) is 48.2 Å². The molecule has 0 saturated heterocycles. The summed E-state index contributed by atoms with van der Waals surface area (Å²) in [6.45, 7) is 3.81. The SMILES string of the molecule is CC(C)n1nnnc1SC(C(=O)Nc1cccc(C(F)(F)F)c1)c1ccccc1. The van der Waals surface area contributed by atoms with Gasteiger partial charge in [0, 0.05) is 5.69 Å². The molecule has 6 nitrogen and oxygen atoms in total. The zero-order valence-corrected chi connectivity index (χ0v) is 16.4. The van der Waals surface area contributed by atoms with Crippen molar-refractivity contribution in [3.8, 4) is 0 Å². The maximum Gasteiger partial charge on any atom is 0.416 e. The average molecular weight is 421 g/mol. The van der Waals surface area contributed by atoms with Gasteiger partial charge in [-0.15, -0.1) is 5.10 Å². The Balaban J connectivity index is 1.88. The topological polar surface area (TPSA) is 72.7 Å². The van der Waals surface area contributed by atoms with Gasteiger partial charge in [-0.25, -0.2) is 4.68 Å². The lowest BCUT2D eigenvalue weighted by molar-refractivity contribution is -0.137. The number of carbonyl (C=O) groups is 1. The van der Waals surface area contributed by atoms with Crippen LogP contribution in [-0.4, -0.2) is 26.1 Å². The third-order valence-electron chi connectivity index (χ3n) is 3.97. The Hall–Kier alpha value is -2.88. The van der Waals surface area contributed by atoms with Crippen molar-refractivity contribution in [1.82, 2.24) is 20.2 Å². The van der Waals surface area contributed by atoms with Gasteiger partial charge in [-0.3, -0.25) is 4.79 Å². The molecule has 1 amide bonds. The van der Waals surface area contributed by atoms with Gasteiger partial charge in [0.25, 0.3) is 0 Å². The van der Waals surface area contributed by atoms with Gasteiger partial charge in [0.05, 0.1) is 11.6 Å². The summed E-state index contributed by atoms with van der Waals surface area (Å²) in [5.41, 5.74) is -0.0851. The number of benzene rings is 2. The number of anilines is 1. The largest absolute Gasteiger partial charge is 0.416 e. The number of tetrazole rings is 1. The maximum absolute atomic E-state index is 13.0. The molecule has 0 aliphatic carbocycles. The Kier molecular flexibility index (Phi) is 6.21. The number of amides is 1. The number of aromatic nitrogens is 4. The van der Waals surface area contributed by atoms with Crippen LogP contribution in [0.5, 0.6) is 0 Å². The minimum Gasteiger partial charge on any atom is -0.325 e. The molecule has 0 bridgehead atoms. The summed E-state index contributed by atoms with van der Waals surface area (Å²) in [7, 11) is 0.